The smallest absolute Gasteiger partial charge is 0.348 e. The van der Waals surface area contributed by atoms with Crippen LogP contribution in [0, 0.1) is 6.92 Å². The fourth-order valence-corrected chi connectivity index (χ4v) is 4.22. The van der Waals surface area contributed by atoms with Crippen molar-refractivity contribution in [3.8, 4) is 0 Å². The summed E-state index contributed by atoms with van der Waals surface area (Å²) in [5.74, 6) is 0.0399. The molecule has 9 heteroatoms. The Kier molecular flexibility index (Phi) is 6.71. The highest BCUT2D eigenvalue weighted by Crippen LogP contribution is 2.27. The lowest BCUT2D eigenvalue weighted by Crippen LogP contribution is -2.14. The van der Waals surface area contributed by atoms with Gasteiger partial charge in [0.05, 0.1) is 18.5 Å². The van der Waals surface area contributed by atoms with Crippen LogP contribution in [0.1, 0.15) is 21.1 Å². The van der Waals surface area contributed by atoms with Gasteiger partial charge in [-0.25, -0.2) is 9.78 Å². The number of ether oxygens (including phenoxy) is 2. The molecule has 2 N–H and O–H groups in total. The summed E-state index contributed by atoms with van der Waals surface area (Å²) in [4.78, 5) is 34.2. The van der Waals surface area contributed by atoms with Gasteiger partial charge in [0.1, 0.15) is 22.1 Å². The molecule has 0 saturated heterocycles. The van der Waals surface area contributed by atoms with Gasteiger partial charge in [-0.3, -0.25) is 4.79 Å². The predicted molar refractivity (Wildman–Crippen MR) is 113 cm³/mol. The van der Waals surface area contributed by atoms with Crippen LogP contribution in [-0.4, -0.2) is 42.5 Å². The molecule has 0 fully saturated rings. The van der Waals surface area contributed by atoms with E-state index >= 15 is 0 Å². The van der Waals surface area contributed by atoms with Crippen LogP contribution >= 0.6 is 23.1 Å². The number of anilines is 1. The molecule has 28 heavy (non-hydrogen) atoms. The lowest BCUT2D eigenvalue weighted by Gasteiger charge is -2.07. The van der Waals surface area contributed by atoms with Crippen molar-refractivity contribution in [3.63, 3.8) is 0 Å². The van der Waals surface area contributed by atoms with Crippen molar-refractivity contribution in [2.75, 3.05) is 31.9 Å². The van der Waals surface area contributed by atoms with Crippen LogP contribution in [0.25, 0.3) is 10.2 Å². The first kappa shape index (κ1) is 20.4. The number of nitrogens with one attached hydrogen (secondary N) is 2. The number of thiophene rings is 1. The van der Waals surface area contributed by atoms with E-state index in [1.807, 2.05) is 30.5 Å². The number of thioether (sulfide) groups is 1. The first-order valence-electron chi connectivity index (χ1n) is 8.59. The summed E-state index contributed by atoms with van der Waals surface area (Å²) < 4.78 is 10.0. The number of carbonyl (C=O) groups excluding carboxylic acids is 1. The number of methoxy groups -OCH3 is 1. The minimum absolute atomic E-state index is 0.164. The Morgan fingerprint density at radius 2 is 2.18 bits per heavy atom. The van der Waals surface area contributed by atoms with E-state index in [1.54, 1.807) is 18.7 Å². The summed E-state index contributed by atoms with van der Waals surface area (Å²) in [5.41, 5.74) is 1.27. The third-order valence-corrected chi connectivity index (χ3v) is 5.98. The van der Waals surface area contributed by atoms with Gasteiger partial charge < -0.3 is 19.8 Å². The SMILES string of the molecule is COCCOC(=O)c1sc2nc(CNc3cccc(SC)c3)[nH]c(=O)c2c1C. The van der Waals surface area contributed by atoms with Gasteiger partial charge in [0.25, 0.3) is 5.56 Å². The van der Waals surface area contributed by atoms with Crippen LogP contribution in [0.5, 0.6) is 0 Å². The van der Waals surface area contributed by atoms with Gasteiger partial charge in [-0.15, -0.1) is 23.1 Å². The number of aromatic amines is 1. The monoisotopic (exact) mass is 419 g/mol. The Labute approximate surface area is 170 Å². The van der Waals surface area contributed by atoms with Crippen LogP contribution < -0.4 is 10.9 Å². The number of hydrogen-bond acceptors (Lipinski definition) is 8. The lowest BCUT2D eigenvalue weighted by atomic mass is 10.2. The normalized spacial score (nSPS) is 11.0. The van der Waals surface area contributed by atoms with Gasteiger partial charge in [-0.1, -0.05) is 6.07 Å². The molecule has 3 aromatic rings. The van der Waals surface area contributed by atoms with Gasteiger partial charge in [0.2, 0.25) is 0 Å². The van der Waals surface area contributed by atoms with Crippen molar-refractivity contribution in [3.05, 3.63) is 50.9 Å². The zero-order chi connectivity index (χ0) is 20.1. The molecule has 2 aromatic heterocycles. The molecule has 1 aromatic carbocycles. The molecule has 0 aliphatic carbocycles. The van der Waals surface area contributed by atoms with E-state index in [4.69, 9.17) is 9.47 Å². The fourth-order valence-electron chi connectivity index (χ4n) is 2.67. The summed E-state index contributed by atoms with van der Waals surface area (Å²) in [7, 11) is 1.54. The van der Waals surface area contributed by atoms with Gasteiger partial charge in [0.15, 0.2) is 0 Å². The molecule has 148 valence electrons. The molecule has 0 radical (unpaired) electrons. The highest BCUT2D eigenvalue weighted by atomic mass is 32.2. The second-order valence-electron chi connectivity index (χ2n) is 5.96. The molecule has 2 heterocycles. The maximum atomic E-state index is 12.5. The standard InChI is InChI=1S/C19H21N3O4S2/c1-11-15-17(23)21-14(10-20-12-5-4-6-13(9-12)27-3)22-18(15)28-16(11)19(24)26-8-7-25-2/h4-6,9,20H,7-8,10H2,1-3H3,(H,21,22,23). The van der Waals surface area contributed by atoms with Crippen LogP contribution in [0.4, 0.5) is 5.69 Å². The number of aromatic nitrogens is 2. The summed E-state index contributed by atoms with van der Waals surface area (Å²) >= 11 is 2.83. The molecule has 0 atom stereocenters. The first-order valence-corrected chi connectivity index (χ1v) is 10.6. The van der Waals surface area contributed by atoms with Crippen molar-refractivity contribution >= 4 is 45.0 Å². The zero-order valence-corrected chi connectivity index (χ0v) is 17.5. The number of benzene rings is 1. The number of esters is 1. The number of carbonyl (C=O) groups is 1. The average molecular weight is 420 g/mol. The number of nitrogens with zero attached hydrogens (tertiary/aromatic N) is 1. The summed E-state index contributed by atoms with van der Waals surface area (Å²) in [6, 6.07) is 7.99. The Balaban J connectivity index is 1.82. The van der Waals surface area contributed by atoms with E-state index in [1.165, 1.54) is 18.4 Å². The van der Waals surface area contributed by atoms with Crippen molar-refractivity contribution in [2.45, 2.75) is 18.4 Å². The quantitative estimate of drug-likeness (QED) is 0.328. The highest BCUT2D eigenvalue weighted by Gasteiger charge is 2.20. The number of aryl methyl sites for hydroxylation is 1. The molecule has 0 unspecified atom stereocenters. The van der Waals surface area contributed by atoms with Gasteiger partial charge in [-0.2, -0.15) is 0 Å². The molecule has 0 amide bonds. The Hall–Kier alpha value is -2.36. The van der Waals surface area contributed by atoms with E-state index in [2.05, 4.69) is 15.3 Å². The molecule has 0 bridgehead atoms. The maximum absolute atomic E-state index is 12.5. The minimum atomic E-state index is -0.467. The number of rotatable bonds is 8. The number of hydrogen-bond donors (Lipinski definition) is 2. The summed E-state index contributed by atoms with van der Waals surface area (Å²) in [6.07, 6.45) is 2.02. The minimum Gasteiger partial charge on any atom is -0.459 e. The maximum Gasteiger partial charge on any atom is 0.348 e. The molecule has 0 aliphatic heterocycles. The first-order chi connectivity index (χ1) is 13.5. The molecule has 0 aliphatic rings. The van der Waals surface area contributed by atoms with Crippen molar-refractivity contribution < 1.29 is 14.3 Å². The van der Waals surface area contributed by atoms with E-state index < -0.39 is 5.97 Å². The number of fused-ring (bicyclic) bond motifs is 1. The third kappa shape index (κ3) is 4.54. The zero-order valence-electron chi connectivity index (χ0n) is 15.8. The van der Waals surface area contributed by atoms with Crippen LogP contribution in [-0.2, 0) is 16.0 Å². The molecular formula is C19H21N3O4S2. The topological polar surface area (TPSA) is 93.3 Å². The van der Waals surface area contributed by atoms with Crippen molar-refractivity contribution in [1.29, 1.82) is 0 Å². The Morgan fingerprint density at radius 1 is 1.36 bits per heavy atom. The molecule has 7 nitrogen and oxygen atoms in total. The van der Waals surface area contributed by atoms with Gasteiger partial charge >= 0.3 is 5.97 Å². The second kappa shape index (κ2) is 9.22. The number of H-pyrrole nitrogens is 1. The Bertz CT molecular complexity index is 1050. The molecule has 0 spiro atoms. The van der Waals surface area contributed by atoms with Gasteiger partial charge in [0, 0.05) is 17.7 Å². The van der Waals surface area contributed by atoms with E-state index in [9.17, 15) is 9.59 Å². The Morgan fingerprint density at radius 3 is 2.93 bits per heavy atom. The second-order valence-corrected chi connectivity index (χ2v) is 7.84. The van der Waals surface area contributed by atoms with Crippen LogP contribution in [0.15, 0.2) is 34.0 Å². The predicted octanol–water partition coefficient (Wildman–Crippen LogP) is 3.43. The lowest BCUT2D eigenvalue weighted by molar-refractivity contribution is 0.0393. The average Bonchev–Trinajstić information content (AvgIpc) is 3.03. The van der Waals surface area contributed by atoms with E-state index in [-0.39, 0.29) is 12.2 Å². The van der Waals surface area contributed by atoms with Crippen LogP contribution in [0.2, 0.25) is 0 Å². The summed E-state index contributed by atoms with van der Waals surface area (Å²) in [5, 5.41) is 3.69. The molecule has 0 saturated carbocycles. The van der Waals surface area contributed by atoms with Crippen molar-refractivity contribution in [1.82, 2.24) is 9.97 Å². The largest absolute Gasteiger partial charge is 0.459 e. The fraction of sp³-hybridized carbons (Fsp3) is 0.316. The third-order valence-electron chi connectivity index (χ3n) is 4.09. The van der Waals surface area contributed by atoms with Crippen LogP contribution in [0.3, 0.4) is 0 Å². The van der Waals surface area contributed by atoms with E-state index in [0.29, 0.717) is 39.6 Å². The highest BCUT2D eigenvalue weighted by molar-refractivity contribution is 7.98. The van der Waals surface area contributed by atoms with Gasteiger partial charge in [-0.05, 0) is 36.9 Å². The molecule has 3 rings (SSSR count). The van der Waals surface area contributed by atoms with E-state index in [0.717, 1.165) is 10.6 Å². The molecular weight excluding hydrogens is 398 g/mol. The summed E-state index contributed by atoms with van der Waals surface area (Å²) in [6.45, 7) is 2.58. The van der Waals surface area contributed by atoms with Crippen molar-refractivity contribution in [2.24, 2.45) is 0 Å².